The van der Waals surface area contributed by atoms with Crippen molar-refractivity contribution in [3.63, 3.8) is 0 Å². The van der Waals surface area contributed by atoms with E-state index in [4.69, 9.17) is 8.83 Å². The van der Waals surface area contributed by atoms with Gasteiger partial charge in [0.1, 0.15) is 11.2 Å². The number of piperazine rings is 1. The zero-order valence-corrected chi connectivity index (χ0v) is 17.6. The van der Waals surface area contributed by atoms with Gasteiger partial charge in [0.15, 0.2) is 0 Å². The molecule has 1 fully saturated rings. The zero-order chi connectivity index (χ0) is 22.2. The third-order valence-electron chi connectivity index (χ3n) is 6.05. The molecule has 0 aliphatic carbocycles. The van der Waals surface area contributed by atoms with Gasteiger partial charge in [-0.15, -0.1) is 0 Å². The number of amides is 2. The fourth-order valence-electron chi connectivity index (χ4n) is 4.28. The molecule has 0 saturated carbocycles. The van der Waals surface area contributed by atoms with E-state index in [0.29, 0.717) is 29.8 Å². The molecule has 5 rings (SSSR count). The van der Waals surface area contributed by atoms with E-state index in [1.807, 2.05) is 43.3 Å². The minimum absolute atomic E-state index is 0.0604. The Morgan fingerprint density at radius 2 is 1.91 bits per heavy atom. The first-order chi connectivity index (χ1) is 15.5. The molecule has 0 unspecified atom stereocenters. The van der Waals surface area contributed by atoms with E-state index < -0.39 is 5.63 Å². The molecule has 3 heterocycles. The van der Waals surface area contributed by atoms with Crippen LogP contribution in [0.2, 0.25) is 0 Å². The third kappa shape index (κ3) is 3.56. The van der Waals surface area contributed by atoms with Gasteiger partial charge in [0.05, 0.1) is 12.8 Å². The highest BCUT2D eigenvalue weighted by Gasteiger charge is 2.22. The van der Waals surface area contributed by atoms with Crippen LogP contribution in [-0.4, -0.2) is 36.3 Å². The number of fused-ring (bicyclic) bond motifs is 2. The van der Waals surface area contributed by atoms with Crippen LogP contribution in [0.4, 0.5) is 0 Å². The van der Waals surface area contributed by atoms with Crippen LogP contribution in [0.25, 0.3) is 33.1 Å². The molecule has 0 radical (unpaired) electrons. The van der Waals surface area contributed by atoms with Gasteiger partial charge in [-0.2, -0.15) is 0 Å². The quantitative estimate of drug-likeness (QED) is 0.501. The van der Waals surface area contributed by atoms with Gasteiger partial charge in [-0.3, -0.25) is 9.59 Å². The van der Waals surface area contributed by atoms with Crippen molar-refractivity contribution in [2.24, 2.45) is 0 Å². The average molecular weight is 430 g/mol. The lowest BCUT2D eigenvalue weighted by Gasteiger charge is -2.26. The Hall–Kier alpha value is -3.87. The summed E-state index contributed by atoms with van der Waals surface area (Å²) in [5.74, 6) is -0.306. The molecule has 2 amide bonds. The van der Waals surface area contributed by atoms with Crippen molar-refractivity contribution in [1.82, 2.24) is 10.2 Å². The van der Waals surface area contributed by atoms with Crippen molar-refractivity contribution in [1.29, 1.82) is 0 Å². The Bertz CT molecular complexity index is 1400. The van der Waals surface area contributed by atoms with E-state index in [0.717, 1.165) is 27.5 Å². The molecule has 4 aromatic rings. The molecule has 7 nitrogen and oxygen atoms in total. The predicted molar refractivity (Wildman–Crippen MR) is 120 cm³/mol. The van der Waals surface area contributed by atoms with Gasteiger partial charge >= 0.3 is 5.63 Å². The van der Waals surface area contributed by atoms with Crippen LogP contribution < -0.4 is 10.9 Å². The minimum atomic E-state index is -0.451. The van der Waals surface area contributed by atoms with Crippen molar-refractivity contribution >= 4 is 33.8 Å². The van der Waals surface area contributed by atoms with E-state index in [-0.39, 0.29) is 31.2 Å². The van der Waals surface area contributed by atoms with Gasteiger partial charge in [-0.25, -0.2) is 4.79 Å². The van der Waals surface area contributed by atoms with Crippen LogP contribution in [-0.2, 0) is 16.0 Å². The standard InChI is InChI=1S/C25H22N2O5/c1-15-17(7-8-24(29)27-10-9-26-23(28)13-27)25(30)32-22-12-21-19(11-18(15)22)20(14-31-21)16-5-3-2-4-6-16/h2-6,11-12,14H,7-10,13H2,1H3,(H,26,28). The topological polar surface area (TPSA) is 92.8 Å². The molecule has 7 heteroatoms. The number of nitrogens with one attached hydrogen (secondary N) is 1. The summed E-state index contributed by atoms with van der Waals surface area (Å²) in [7, 11) is 0. The SMILES string of the molecule is Cc1c(CCC(=O)N2CCNC(=O)C2)c(=O)oc2cc3occ(-c4ccccc4)c3cc12. The molecule has 0 spiro atoms. The number of hydrogen-bond acceptors (Lipinski definition) is 5. The Balaban J connectivity index is 1.50. The molecule has 162 valence electrons. The lowest BCUT2D eigenvalue weighted by molar-refractivity contribution is -0.138. The number of furan rings is 1. The molecular formula is C25H22N2O5. The molecule has 1 saturated heterocycles. The van der Waals surface area contributed by atoms with Crippen molar-refractivity contribution in [3.05, 3.63) is 70.3 Å². The molecule has 32 heavy (non-hydrogen) atoms. The highest BCUT2D eigenvalue weighted by atomic mass is 16.4. The summed E-state index contributed by atoms with van der Waals surface area (Å²) < 4.78 is 11.3. The summed E-state index contributed by atoms with van der Waals surface area (Å²) in [6.45, 7) is 2.87. The number of carbonyl (C=O) groups is 2. The molecule has 0 bridgehead atoms. The zero-order valence-electron chi connectivity index (χ0n) is 17.6. The monoisotopic (exact) mass is 430 g/mol. The van der Waals surface area contributed by atoms with Gasteiger partial charge in [-0.1, -0.05) is 30.3 Å². The lowest BCUT2D eigenvalue weighted by atomic mass is 9.99. The Labute approximate surface area is 183 Å². The maximum atomic E-state index is 12.7. The second-order valence-corrected chi connectivity index (χ2v) is 8.02. The highest BCUT2D eigenvalue weighted by Crippen LogP contribution is 2.34. The summed E-state index contributed by atoms with van der Waals surface area (Å²) in [6.07, 6.45) is 2.12. The largest absolute Gasteiger partial charge is 0.464 e. The first-order valence-corrected chi connectivity index (χ1v) is 10.6. The normalized spacial score (nSPS) is 14.2. The fourth-order valence-corrected chi connectivity index (χ4v) is 4.28. The highest BCUT2D eigenvalue weighted by molar-refractivity contribution is 6.02. The van der Waals surface area contributed by atoms with E-state index in [1.54, 1.807) is 12.3 Å². The Morgan fingerprint density at radius 1 is 1.09 bits per heavy atom. The molecule has 2 aromatic heterocycles. The first-order valence-electron chi connectivity index (χ1n) is 10.6. The van der Waals surface area contributed by atoms with Gasteiger partial charge < -0.3 is 19.1 Å². The van der Waals surface area contributed by atoms with Gasteiger partial charge in [0, 0.05) is 47.5 Å². The maximum Gasteiger partial charge on any atom is 0.339 e. The Morgan fingerprint density at radius 3 is 2.69 bits per heavy atom. The van der Waals surface area contributed by atoms with Crippen LogP contribution in [0.1, 0.15) is 17.5 Å². The molecule has 1 aliphatic rings. The summed E-state index contributed by atoms with van der Waals surface area (Å²) in [6, 6.07) is 13.7. The van der Waals surface area contributed by atoms with Crippen molar-refractivity contribution < 1.29 is 18.4 Å². The summed E-state index contributed by atoms with van der Waals surface area (Å²) >= 11 is 0. The molecule has 1 aliphatic heterocycles. The summed E-state index contributed by atoms with van der Waals surface area (Å²) in [5, 5.41) is 4.45. The van der Waals surface area contributed by atoms with Crippen molar-refractivity contribution in [2.75, 3.05) is 19.6 Å². The summed E-state index contributed by atoms with van der Waals surface area (Å²) in [5.41, 5.74) is 3.93. The van der Waals surface area contributed by atoms with Crippen molar-refractivity contribution in [3.8, 4) is 11.1 Å². The van der Waals surface area contributed by atoms with Crippen LogP contribution in [0.15, 0.2) is 62.4 Å². The average Bonchev–Trinajstić information content (AvgIpc) is 3.21. The lowest BCUT2D eigenvalue weighted by Crippen LogP contribution is -2.50. The van der Waals surface area contributed by atoms with Crippen molar-refractivity contribution in [2.45, 2.75) is 19.8 Å². The van der Waals surface area contributed by atoms with Crippen LogP contribution in [0, 0.1) is 6.92 Å². The van der Waals surface area contributed by atoms with E-state index in [1.165, 1.54) is 4.90 Å². The predicted octanol–water partition coefficient (Wildman–Crippen LogP) is 3.41. The fraction of sp³-hybridized carbons (Fsp3) is 0.240. The minimum Gasteiger partial charge on any atom is -0.464 e. The number of hydrogen-bond donors (Lipinski definition) is 1. The van der Waals surface area contributed by atoms with Gasteiger partial charge in [-0.05, 0) is 30.5 Å². The first kappa shape index (κ1) is 20.1. The number of rotatable bonds is 4. The van der Waals surface area contributed by atoms with Crippen LogP contribution in [0.5, 0.6) is 0 Å². The van der Waals surface area contributed by atoms with Gasteiger partial charge in [0.2, 0.25) is 11.8 Å². The smallest absolute Gasteiger partial charge is 0.339 e. The number of benzene rings is 2. The molecule has 0 atom stereocenters. The third-order valence-corrected chi connectivity index (χ3v) is 6.05. The molecule has 1 N–H and O–H groups in total. The number of nitrogens with zero attached hydrogens (tertiary/aromatic N) is 1. The van der Waals surface area contributed by atoms with E-state index in [9.17, 15) is 14.4 Å². The van der Waals surface area contributed by atoms with Gasteiger partial charge in [0.25, 0.3) is 0 Å². The second-order valence-electron chi connectivity index (χ2n) is 8.02. The van der Waals surface area contributed by atoms with E-state index >= 15 is 0 Å². The maximum absolute atomic E-state index is 12.7. The number of carbonyl (C=O) groups excluding carboxylic acids is 2. The van der Waals surface area contributed by atoms with E-state index in [2.05, 4.69) is 5.32 Å². The van der Waals surface area contributed by atoms with Crippen LogP contribution in [0.3, 0.4) is 0 Å². The second kappa shape index (κ2) is 8.00. The van der Waals surface area contributed by atoms with Crippen LogP contribution >= 0.6 is 0 Å². The molecule has 2 aromatic carbocycles. The Kier molecular flexibility index (Phi) is 5.01. The number of aryl methyl sites for hydroxylation is 1. The summed E-state index contributed by atoms with van der Waals surface area (Å²) in [4.78, 5) is 38.3. The molecular weight excluding hydrogens is 408 g/mol.